The summed E-state index contributed by atoms with van der Waals surface area (Å²) < 4.78 is 0. The Bertz CT molecular complexity index is 877. The topological polar surface area (TPSA) is 102 Å². The van der Waals surface area contributed by atoms with Crippen LogP contribution in [0.25, 0.3) is 11.4 Å². The van der Waals surface area contributed by atoms with Crippen molar-refractivity contribution in [2.45, 2.75) is 38.3 Å². The van der Waals surface area contributed by atoms with E-state index in [1.807, 2.05) is 32.9 Å². The molecule has 1 aromatic carbocycles. The van der Waals surface area contributed by atoms with Crippen LogP contribution in [0.1, 0.15) is 38.3 Å². The molecule has 1 fully saturated rings. The third-order valence-corrected chi connectivity index (χ3v) is 4.89. The first-order valence-electron chi connectivity index (χ1n) is 8.85. The van der Waals surface area contributed by atoms with Crippen molar-refractivity contribution >= 4 is 6.09 Å². The third-order valence-electron chi connectivity index (χ3n) is 4.89. The van der Waals surface area contributed by atoms with Crippen LogP contribution in [0.15, 0.2) is 36.7 Å². The van der Waals surface area contributed by atoms with Crippen molar-refractivity contribution in [1.82, 2.24) is 20.2 Å². The average molecular weight is 365 g/mol. The van der Waals surface area contributed by atoms with Crippen LogP contribution >= 0.6 is 0 Å². The van der Waals surface area contributed by atoms with Crippen molar-refractivity contribution in [2.75, 3.05) is 13.1 Å². The summed E-state index contributed by atoms with van der Waals surface area (Å²) in [4.78, 5) is 22.1. The Balaban J connectivity index is 2.17. The van der Waals surface area contributed by atoms with E-state index in [-0.39, 0.29) is 0 Å². The highest BCUT2D eigenvalue weighted by atomic mass is 16.4. The Morgan fingerprint density at radius 3 is 2.56 bits per heavy atom. The molecule has 140 valence electrons. The van der Waals surface area contributed by atoms with E-state index in [0.29, 0.717) is 36.5 Å². The Morgan fingerprint density at radius 1 is 1.33 bits per heavy atom. The predicted octanol–water partition coefficient (Wildman–Crippen LogP) is 2.98. The standard InChI is InChI=1S/C20H23N5O2/c1-19(2,3)25(18(26)27)20(7-10-22-13-20)16-6-5-14(11-15(16)12-21)17-23-8-4-9-24-17/h4-6,8-9,11,22H,7,10,13H2,1-3H3,(H,26,27)/t20-/m1/s1. The quantitative estimate of drug-likeness (QED) is 0.867. The molecule has 7 nitrogen and oxygen atoms in total. The fourth-order valence-corrected chi connectivity index (χ4v) is 3.96. The van der Waals surface area contributed by atoms with Gasteiger partial charge in [0.25, 0.3) is 0 Å². The number of hydrogen-bond donors (Lipinski definition) is 2. The molecule has 1 saturated heterocycles. The zero-order valence-electron chi connectivity index (χ0n) is 15.7. The van der Waals surface area contributed by atoms with E-state index in [1.54, 1.807) is 24.5 Å². The smallest absolute Gasteiger partial charge is 0.408 e. The van der Waals surface area contributed by atoms with E-state index in [1.165, 1.54) is 4.90 Å². The van der Waals surface area contributed by atoms with Gasteiger partial charge in [0.1, 0.15) is 0 Å². The van der Waals surface area contributed by atoms with E-state index in [9.17, 15) is 15.2 Å². The maximum Gasteiger partial charge on any atom is 0.408 e. The van der Waals surface area contributed by atoms with Gasteiger partial charge in [-0.1, -0.05) is 12.1 Å². The molecular formula is C20H23N5O2. The molecule has 7 heteroatoms. The predicted molar refractivity (Wildman–Crippen MR) is 101 cm³/mol. The molecular weight excluding hydrogens is 342 g/mol. The van der Waals surface area contributed by atoms with Crippen LogP contribution in [0.3, 0.4) is 0 Å². The van der Waals surface area contributed by atoms with E-state index < -0.39 is 17.2 Å². The number of nitriles is 1. The number of amides is 1. The van der Waals surface area contributed by atoms with Crippen molar-refractivity contribution in [2.24, 2.45) is 0 Å². The number of benzene rings is 1. The Morgan fingerprint density at radius 2 is 2.04 bits per heavy atom. The molecule has 1 aliphatic rings. The van der Waals surface area contributed by atoms with Crippen molar-refractivity contribution < 1.29 is 9.90 Å². The van der Waals surface area contributed by atoms with E-state index in [4.69, 9.17) is 0 Å². The highest BCUT2D eigenvalue weighted by Gasteiger charge is 2.49. The van der Waals surface area contributed by atoms with Crippen LogP contribution < -0.4 is 5.32 Å². The van der Waals surface area contributed by atoms with Crippen LogP contribution in [0.5, 0.6) is 0 Å². The van der Waals surface area contributed by atoms with Gasteiger partial charge < -0.3 is 10.4 Å². The fourth-order valence-electron chi connectivity index (χ4n) is 3.96. The Labute approximate surface area is 158 Å². The van der Waals surface area contributed by atoms with Crippen molar-refractivity contribution in [3.8, 4) is 17.5 Å². The number of hydrogen-bond acceptors (Lipinski definition) is 5. The zero-order valence-corrected chi connectivity index (χ0v) is 15.7. The number of aromatic nitrogens is 2. The summed E-state index contributed by atoms with van der Waals surface area (Å²) in [7, 11) is 0. The monoisotopic (exact) mass is 365 g/mol. The summed E-state index contributed by atoms with van der Waals surface area (Å²) in [6, 6.07) is 9.43. The summed E-state index contributed by atoms with van der Waals surface area (Å²) >= 11 is 0. The molecule has 1 aromatic heterocycles. The number of rotatable bonds is 3. The third kappa shape index (κ3) is 3.36. The van der Waals surface area contributed by atoms with Crippen molar-refractivity contribution in [3.63, 3.8) is 0 Å². The first kappa shape index (κ1) is 18.8. The molecule has 3 rings (SSSR count). The molecule has 1 amide bonds. The lowest BCUT2D eigenvalue weighted by Crippen LogP contribution is -2.59. The second-order valence-corrected chi connectivity index (χ2v) is 7.69. The summed E-state index contributed by atoms with van der Waals surface area (Å²) in [5.74, 6) is 0.532. The molecule has 0 radical (unpaired) electrons. The number of carboxylic acid groups (broad SMARTS) is 1. The molecule has 27 heavy (non-hydrogen) atoms. The summed E-state index contributed by atoms with van der Waals surface area (Å²) in [6.45, 7) is 6.78. The molecule has 0 bridgehead atoms. The van der Waals surface area contributed by atoms with Gasteiger partial charge in [0.2, 0.25) is 0 Å². The normalized spacial score (nSPS) is 19.5. The summed E-state index contributed by atoms with van der Waals surface area (Å²) in [5.41, 5.74) is 0.470. The Kier molecular flexibility index (Phi) is 4.85. The average Bonchev–Trinajstić information content (AvgIpc) is 3.10. The van der Waals surface area contributed by atoms with Gasteiger partial charge in [0.05, 0.1) is 17.2 Å². The lowest BCUT2D eigenvalue weighted by molar-refractivity contribution is 0.0223. The first-order valence-corrected chi connectivity index (χ1v) is 8.85. The van der Waals surface area contributed by atoms with Gasteiger partial charge in [-0.05, 0) is 51.4 Å². The number of nitrogens with zero attached hydrogens (tertiary/aromatic N) is 4. The van der Waals surface area contributed by atoms with Gasteiger partial charge in [-0.2, -0.15) is 5.26 Å². The molecule has 1 aliphatic heterocycles. The number of nitrogens with one attached hydrogen (secondary N) is 1. The minimum Gasteiger partial charge on any atom is -0.465 e. The van der Waals surface area contributed by atoms with Gasteiger partial charge in [-0.15, -0.1) is 0 Å². The number of carbonyl (C=O) groups is 1. The van der Waals surface area contributed by atoms with E-state index in [2.05, 4.69) is 21.4 Å². The van der Waals surface area contributed by atoms with Crippen molar-refractivity contribution in [1.29, 1.82) is 5.26 Å². The Hall–Kier alpha value is -2.98. The van der Waals surface area contributed by atoms with Crippen LogP contribution in [0, 0.1) is 11.3 Å². The lowest BCUT2D eigenvalue weighted by Gasteiger charge is -2.47. The zero-order chi connectivity index (χ0) is 19.7. The SMILES string of the molecule is CC(C)(C)N(C(=O)O)[C@]1(c2ccc(-c3ncccn3)cc2C#N)CCNC1. The maximum atomic E-state index is 12.2. The molecule has 2 heterocycles. The molecule has 0 unspecified atom stereocenters. The minimum absolute atomic E-state index is 0.444. The largest absolute Gasteiger partial charge is 0.465 e. The van der Waals surface area contributed by atoms with Gasteiger partial charge in [0.15, 0.2) is 5.82 Å². The maximum absolute atomic E-state index is 12.2. The molecule has 0 aliphatic carbocycles. The lowest BCUT2D eigenvalue weighted by atomic mass is 9.81. The molecule has 1 atom stereocenters. The van der Waals surface area contributed by atoms with Gasteiger partial charge in [0, 0.05) is 30.0 Å². The molecule has 2 aromatic rings. The van der Waals surface area contributed by atoms with Gasteiger partial charge in [-0.3, -0.25) is 4.90 Å². The minimum atomic E-state index is -0.995. The van der Waals surface area contributed by atoms with Crippen LogP contribution in [0.4, 0.5) is 4.79 Å². The summed E-state index contributed by atoms with van der Waals surface area (Å²) in [6.07, 6.45) is 2.91. The van der Waals surface area contributed by atoms with Crippen molar-refractivity contribution in [3.05, 3.63) is 47.8 Å². The molecule has 0 saturated carbocycles. The fraction of sp³-hybridized carbons (Fsp3) is 0.400. The highest BCUT2D eigenvalue weighted by Crippen LogP contribution is 2.41. The van der Waals surface area contributed by atoms with Crippen LogP contribution in [-0.2, 0) is 5.54 Å². The van der Waals surface area contributed by atoms with E-state index >= 15 is 0 Å². The van der Waals surface area contributed by atoms with E-state index in [0.717, 1.165) is 5.56 Å². The molecule has 2 N–H and O–H groups in total. The van der Waals surface area contributed by atoms with Gasteiger partial charge in [-0.25, -0.2) is 14.8 Å². The second-order valence-electron chi connectivity index (χ2n) is 7.69. The summed E-state index contributed by atoms with van der Waals surface area (Å²) in [5, 5.41) is 23.1. The second kappa shape index (κ2) is 6.97. The molecule has 0 spiro atoms. The van der Waals surface area contributed by atoms with Gasteiger partial charge >= 0.3 is 6.09 Å². The van der Waals surface area contributed by atoms with Crippen LogP contribution in [0.2, 0.25) is 0 Å². The van der Waals surface area contributed by atoms with Crippen LogP contribution in [-0.4, -0.2) is 44.7 Å². The first-order chi connectivity index (χ1) is 12.8. The highest BCUT2D eigenvalue weighted by molar-refractivity contribution is 5.69.